The van der Waals surface area contributed by atoms with E-state index in [2.05, 4.69) is 25.8 Å². The van der Waals surface area contributed by atoms with Gasteiger partial charge in [0.1, 0.15) is 10.2 Å². The van der Waals surface area contributed by atoms with E-state index in [0.717, 1.165) is 10.2 Å². The quantitative estimate of drug-likeness (QED) is 0.747. The van der Waals surface area contributed by atoms with E-state index in [1.807, 2.05) is 19.2 Å². The highest BCUT2D eigenvalue weighted by molar-refractivity contribution is 9.10. The number of hydrogen-bond acceptors (Lipinski definition) is 3. The second kappa shape index (κ2) is 3.04. The SMILES string of the molecule is CN1CC(O)(c2ccnc(Br)c2)C1. The van der Waals surface area contributed by atoms with Crippen LogP contribution in [0, 0.1) is 0 Å². The summed E-state index contributed by atoms with van der Waals surface area (Å²) < 4.78 is 0.771. The van der Waals surface area contributed by atoms with Gasteiger partial charge in [-0.25, -0.2) is 4.98 Å². The van der Waals surface area contributed by atoms with E-state index in [0.29, 0.717) is 13.1 Å². The van der Waals surface area contributed by atoms with Gasteiger partial charge in [-0.1, -0.05) is 0 Å². The zero-order valence-corrected chi connectivity index (χ0v) is 8.95. The Balaban J connectivity index is 2.26. The minimum Gasteiger partial charge on any atom is -0.382 e. The number of β-amino-alcohol motifs (C(OH)–C–C–N with tert-alkyl or cyclic N) is 1. The van der Waals surface area contributed by atoms with E-state index in [1.165, 1.54) is 0 Å². The molecular formula is C9H11BrN2O. The Kier molecular flexibility index (Phi) is 2.14. The molecule has 0 bridgehead atoms. The van der Waals surface area contributed by atoms with Crippen molar-refractivity contribution in [1.29, 1.82) is 0 Å². The van der Waals surface area contributed by atoms with Crippen LogP contribution in [0.2, 0.25) is 0 Å². The van der Waals surface area contributed by atoms with Crippen LogP contribution in [-0.4, -0.2) is 35.1 Å². The highest BCUT2D eigenvalue weighted by Crippen LogP contribution is 2.31. The molecule has 13 heavy (non-hydrogen) atoms. The maximum absolute atomic E-state index is 10.1. The molecule has 0 saturated carbocycles. The van der Waals surface area contributed by atoms with E-state index in [-0.39, 0.29) is 0 Å². The Morgan fingerprint density at radius 3 is 2.85 bits per heavy atom. The normalized spacial score (nSPS) is 21.2. The van der Waals surface area contributed by atoms with Gasteiger partial charge in [0.15, 0.2) is 0 Å². The van der Waals surface area contributed by atoms with Crippen molar-refractivity contribution in [2.45, 2.75) is 5.60 Å². The van der Waals surface area contributed by atoms with Crippen molar-refractivity contribution in [2.24, 2.45) is 0 Å². The van der Waals surface area contributed by atoms with Crippen LogP contribution in [-0.2, 0) is 5.60 Å². The molecule has 0 radical (unpaired) electrons. The largest absolute Gasteiger partial charge is 0.382 e. The molecule has 0 amide bonds. The summed E-state index contributed by atoms with van der Waals surface area (Å²) in [6, 6.07) is 3.73. The molecule has 3 nitrogen and oxygen atoms in total. The third kappa shape index (κ3) is 1.61. The van der Waals surface area contributed by atoms with Gasteiger partial charge in [-0.3, -0.25) is 4.90 Å². The van der Waals surface area contributed by atoms with E-state index < -0.39 is 5.60 Å². The van der Waals surface area contributed by atoms with Gasteiger partial charge < -0.3 is 5.11 Å². The fourth-order valence-electron chi connectivity index (χ4n) is 1.72. The lowest BCUT2D eigenvalue weighted by atomic mass is 9.87. The molecule has 0 atom stereocenters. The summed E-state index contributed by atoms with van der Waals surface area (Å²) in [6.45, 7) is 1.40. The number of aliphatic hydroxyl groups is 1. The molecule has 2 heterocycles. The minimum atomic E-state index is -0.666. The van der Waals surface area contributed by atoms with E-state index in [4.69, 9.17) is 0 Å². The molecular weight excluding hydrogens is 232 g/mol. The maximum atomic E-state index is 10.1. The Morgan fingerprint density at radius 2 is 2.31 bits per heavy atom. The molecule has 0 aliphatic carbocycles. The number of hydrogen-bond donors (Lipinski definition) is 1. The molecule has 1 aliphatic rings. The molecule has 2 rings (SSSR count). The van der Waals surface area contributed by atoms with Crippen molar-refractivity contribution in [1.82, 2.24) is 9.88 Å². The summed E-state index contributed by atoms with van der Waals surface area (Å²) in [6.07, 6.45) is 1.70. The molecule has 0 aromatic carbocycles. The number of pyridine rings is 1. The Morgan fingerprint density at radius 1 is 1.62 bits per heavy atom. The van der Waals surface area contributed by atoms with E-state index >= 15 is 0 Å². The van der Waals surface area contributed by atoms with Crippen LogP contribution in [0.5, 0.6) is 0 Å². The monoisotopic (exact) mass is 242 g/mol. The van der Waals surface area contributed by atoms with Crippen molar-refractivity contribution in [3.8, 4) is 0 Å². The predicted molar refractivity (Wildman–Crippen MR) is 53.3 cm³/mol. The average molecular weight is 243 g/mol. The van der Waals surface area contributed by atoms with E-state index in [9.17, 15) is 5.11 Å². The highest BCUT2D eigenvalue weighted by Gasteiger charge is 2.40. The van der Waals surface area contributed by atoms with Crippen molar-refractivity contribution in [3.63, 3.8) is 0 Å². The summed E-state index contributed by atoms with van der Waals surface area (Å²) in [7, 11) is 1.99. The first kappa shape index (κ1) is 9.12. The smallest absolute Gasteiger partial charge is 0.115 e. The van der Waals surface area contributed by atoms with Gasteiger partial charge in [0.05, 0.1) is 0 Å². The van der Waals surface area contributed by atoms with Crippen LogP contribution < -0.4 is 0 Å². The minimum absolute atomic E-state index is 0.666. The summed E-state index contributed by atoms with van der Waals surface area (Å²) in [5.41, 5.74) is 0.271. The molecule has 1 fully saturated rings. The van der Waals surface area contributed by atoms with Crippen LogP contribution in [0.3, 0.4) is 0 Å². The Bertz CT molecular complexity index is 323. The zero-order chi connectivity index (χ0) is 9.47. The van der Waals surface area contributed by atoms with Gasteiger partial charge in [0, 0.05) is 19.3 Å². The molecule has 1 aromatic heterocycles. The lowest BCUT2D eigenvalue weighted by molar-refractivity contribution is -0.0919. The maximum Gasteiger partial charge on any atom is 0.115 e. The molecule has 1 aromatic rings. The topological polar surface area (TPSA) is 36.4 Å². The summed E-state index contributed by atoms with van der Waals surface area (Å²) >= 11 is 3.29. The first-order valence-electron chi connectivity index (χ1n) is 4.13. The van der Waals surface area contributed by atoms with E-state index in [1.54, 1.807) is 6.20 Å². The van der Waals surface area contributed by atoms with Crippen LogP contribution in [0.4, 0.5) is 0 Å². The molecule has 4 heteroatoms. The van der Waals surface area contributed by atoms with Crippen molar-refractivity contribution in [2.75, 3.05) is 20.1 Å². The van der Waals surface area contributed by atoms with Crippen LogP contribution >= 0.6 is 15.9 Å². The lowest BCUT2D eigenvalue weighted by Crippen LogP contribution is -2.57. The van der Waals surface area contributed by atoms with Gasteiger partial charge in [0.25, 0.3) is 0 Å². The van der Waals surface area contributed by atoms with Crippen LogP contribution in [0.15, 0.2) is 22.9 Å². The summed E-state index contributed by atoms with van der Waals surface area (Å²) in [5, 5.41) is 10.1. The molecule has 0 spiro atoms. The first-order valence-corrected chi connectivity index (χ1v) is 4.92. The fourth-order valence-corrected chi connectivity index (χ4v) is 2.09. The average Bonchev–Trinajstić information content (AvgIpc) is 2.02. The molecule has 1 saturated heterocycles. The summed E-state index contributed by atoms with van der Waals surface area (Å²) in [4.78, 5) is 6.10. The number of rotatable bonds is 1. The Hall–Kier alpha value is -0.450. The summed E-state index contributed by atoms with van der Waals surface area (Å²) in [5.74, 6) is 0. The van der Waals surface area contributed by atoms with Gasteiger partial charge in [-0.2, -0.15) is 0 Å². The van der Waals surface area contributed by atoms with Crippen LogP contribution in [0.25, 0.3) is 0 Å². The number of aromatic nitrogens is 1. The molecule has 1 N–H and O–H groups in total. The lowest BCUT2D eigenvalue weighted by Gasteiger charge is -2.44. The highest BCUT2D eigenvalue weighted by atomic mass is 79.9. The second-order valence-electron chi connectivity index (χ2n) is 3.57. The number of likely N-dealkylation sites (tertiary alicyclic amines) is 1. The first-order chi connectivity index (χ1) is 6.10. The van der Waals surface area contributed by atoms with Gasteiger partial charge in [-0.05, 0) is 40.7 Å². The zero-order valence-electron chi connectivity index (χ0n) is 7.37. The fraction of sp³-hybridized carbons (Fsp3) is 0.444. The molecule has 1 aliphatic heterocycles. The van der Waals surface area contributed by atoms with Gasteiger partial charge in [-0.15, -0.1) is 0 Å². The standard InChI is InChI=1S/C9H11BrN2O/c1-12-5-9(13,6-12)7-2-3-11-8(10)4-7/h2-4,13H,5-6H2,1H3. The van der Waals surface area contributed by atoms with Gasteiger partial charge in [0.2, 0.25) is 0 Å². The molecule has 70 valence electrons. The van der Waals surface area contributed by atoms with Crippen molar-refractivity contribution >= 4 is 15.9 Å². The predicted octanol–water partition coefficient (Wildman–Crippen LogP) is 0.977. The van der Waals surface area contributed by atoms with Crippen molar-refractivity contribution in [3.05, 3.63) is 28.5 Å². The van der Waals surface area contributed by atoms with Crippen molar-refractivity contribution < 1.29 is 5.11 Å². The third-order valence-corrected chi connectivity index (χ3v) is 2.76. The molecule has 0 unspecified atom stereocenters. The third-order valence-electron chi connectivity index (χ3n) is 2.33. The second-order valence-corrected chi connectivity index (χ2v) is 4.38. The number of nitrogens with zero attached hydrogens (tertiary/aromatic N) is 2. The Labute approximate surface area is 85.5 Å². The van der Waals surface area contributed by atoms with Crippen LogP contribution in [0.1, 0.15) is 5.56 Å². The van der Waals surface area contributed by atoms with Gasteiger partial charge >= 0.3 is 0 Å². The number of halogens is 1. The number of likely N-dealkylation sites (N-methyl/N-ethyl adjacent to an activating group) is 1.